The van der Waals surface area contributed by atoms with Crippen LogP contribution in [0.25, 0.3) is 11.0 Å². The lowest BCUT2D eigenvalue weighted by Gasteiger charge is -2.18. The van der Waals surface area contributed by atoms with Crippen molar-refractivity contribution in [2.24, 2.45) is 0 Å². The van der Waals surface area contributed by atoms with E-state index in [1.807, 2.05) is 49.2 Å². The number of carbonyl (C=O) groups is 1. The zero-order valence-electron chi connectivity index (χ0n) is 14.2. The van der Waals surface area contributed by atoms with Crippen LogP contribution in [-0.4, -0.2) is 24.4 Å². The molecule has 0 aliphatic heterocycles. The molecule has 3 aromatic rings. The highest BCUT2D eigenvalue weighted by Crippen LogP contribution is 2.23. The van der Waals surface area contributed by atoms with E-state index in [0.717, 1.165) is 23.3 Å². The van der Waals surface area contributed by atoms with E-state index in [0.29, 0.717) is 6.54 Å². The minimum atomic E-state index is -0.151. The fraction of sp³-hybridized carbons (Fsp3) is 0.316. The molecule has 126 valence electrons. The van der Waals surface area contributed by atoms with E-state index in [9.17, 15) is 4.79 Å². The van der Waals surface area contributed by atoms with Gasteiger partial charge in [-0.1, -0.05) is 18.2 Å². The summed E-state index contributed by atoms with van der Waals surface area (Å²) in [4.78, 5) is 15.6. The number of thiophene rings is 1. The molecular weight excluding hydrogens is 320 g/mol. The molecule has 24 heavy (non-hydrogen) atoms. The quantitative estimate of drug-likeness (QED) is 0.733. The SMILES string of the molecule is Cc1ccsc1CN(C)CC(=O)NC(C)c1cc2ccccc2o1. The Hall–Kier alpha value is -2.11. The van der Waals surface area contributed by atoms with Crippen LogP contribution in [0.1, 0.15) is 29.2 Å². The first-order chi connectivity index (χ1) is 11.5. The lowest BCUT2D eigenvalue weighted by atomic mass is 10.2. The molecule has 0 aliphatic rings. The topological polar surface area (TPSA) is 45.5 Å². The fourth-order valence-corrected chi connectivity index (χ4v) is 3.67. The second kappa shape index (κ2) is 7.20. The zero-order chi connectivity index (χ0) is 17.1. The number of fused-ring (bicyclic) bond motifs is 1. The van der Waals surface area contributed by atoms with Gasteiger partial charge in [0.05, 0.1) is 12.6 Å². The molecule has 0 radical (unpaired) electrons. The van der Waals surface area contributed by atoms with E-state index < -0.39 is 0 Å². The molecule has 1 N–H and O–H groups in total. The van der Waals surface area contributed by atoms with Gasteiger partial charge >= 0.3 is 0 Å². The van der Waals surface area contributed by atoms with Crippen molar-refractivity contribution in [3.63, 3.8) is 0 Å². The monoisotopic (exact) mass is 342 g/mol. The molecule has 0 bridgehead atoms. The Kier molecular flexibility index (Phi) is 5.02. The normalized spacial score (nSPS) is 12.7. The summed E-state index contributed by atoms with van der Waals surface area (Å²) in [6.07, 6.45) is 0. The number of hydrogen-bond donors (Lipinski definition) is 1. The Morgan fingerprint density at radius 3 is 2.83 bits per heavy atom. The third kappa shape index (κ3) is 3.86. The Morgan fingerprint density at radius 2 is 2.12 bits per heavy atom. The van der Waals surface area contributed by atoms with E-state index >= 15 is 0 Å². The molecule has 0 fully saturated rings. The molecule has 5 heteroatoms. The summed E-state index contributed by atoms with van der Waals surface area (Å²) in [6, 6.07) is 11.8. The van der Waals surface area contributed by atoms with Crippen molar-refractivity contribution in [1.82, 2.24) is 10.2 Å². The van der Waals surface area contributed by atoms with Crippen LogP contribution in [0, 0.1) is 6.92 Å². The lowest BCUT2D eigenvalue weighted by Crippen LogP contribution is -2.36. The summed E-state index contributed by atoms with van der Waals surface area (Å²) in [5.74, 6) is 0.779. The van der Waals surface area contributed by atoms with Crippen LogP contribution in [0.3, 0.4) is 0 Å². The molecule has 1 atom stereocenters. The van der Waals surface area contributed by atoms with E-state index in [1.54, 1.807) is 11.3 Å². The first-order valence-electron chi connectivity index (χ1n) is 8.02. The predicted octanol–water partition coefficient (Wildman–Crippen LogP) is 4.11. The fourth-order valence-electron chi connectivity index (χ4n) is 2.69. The number of amides is 1. The summed E-state index contributed by atoms with van der Waals surface area (Å²) in [7, 11) is 1.96. The van der Waals surface area contributed by atoms with Crippen LogP contribution in [0.4, 0.5) is 0 Å². The molecular formula is C19H22N2O2S. The average Bonchev–Trinajstić information content (AvgIpc) is 3.13. The highest BCUT2D eigenvalue weighted by atomic mass is 32.1. The highest BCUT2D eigenvalue weighted by Gasteiger charge is 2.15. The van der Waals surface area contributed by atoms with Crippen LogP contribution in [-0.2, 0) is 11.3 Å². The van der Waals surface area contributed by atoms with Crippen molar-refractivity contribution in [2.75, 3.05) is 13.6 Å². The number of hydrogen-bond acceptors (Lipinski definition) is 4. The number of benzene rings is 1. The average molecular weight is 342 g/mol. The van der Waals surface area contributed by atoms with E-state index in [1.165, 1.54) is 10.4 Å². The number of para-hydroxylation sites is 1. The molecule has 0 saturated carbocycles. The smallest absolute Gasteiger partial charge is 0.234 e. The van der Waals surface area contributed by atoms with Crippen LogP contribution < -0.4 is 5.32 Å². The molecule has 0 spiro atoms. The van der Waals surface area contributed by atoms with Gasteiger partial charge in [-0.2, -0.15) is 0 Å². The summed E-state index contributed by atoms with van der Waals surface area (Å²) >= 11 is 1.73. The van der Waals surface area contributed by atoms with Crippen molar-refractivity contribution in [2.45, 2.75) is 26.4 Å². The number of nitrogens with zero attached hydrogens (tertiary/aromatic N) is 1. The largest absolute Gasteiger partial charge is 0.459 e. The minimum absolute atomic E-state index is 0.000310. The predicted molar refractivity (Wildman–Crippen MR) is 98.2 cm³/mol. The van der Waals surface area contributed by atoms with Gasteiger partial charge in [-0.3, -0.25) is 9.69 Å². The third-order valence-corrected chi connectivity index (χ3v) is 5.05. The Morgan fingerprint density at radius 1 is 1.33 bits per heavy atom. The molecule has 2 heterocycles. The van der Waals surface area contributed by atoms with Crippen LogP contribution in [0.15, 0.2) is 46.2 Å². The third-order valence-electron chi connectivity index (χ3n) is 4.04. The Bertz CT molecular complexity index is 804. The summed E-state index contributed by atoms with van der Waals surface area (Å²) < 4.78 is 5.81. The van der Waals surface area contributed by atoms with Crippen LogP contribution in [0.2, 0.25) is 0 Å². The first kappa shape index (κ1) is 16.7. The van der Waals surface area contributed by atoms with Gasteiger partial charge in [0.15, 0.2) is 0 Å². The maximum atomic E-state index is 12.3. The molecule has 1 unspecified atom stereocenters. The number of rotatable bonds is 6. The number of aryl methyl sites for hydroxylation is 1. The second-order valence-electron chi connectivity index (χ2n) is 6.17. The van der Waals surface area contributed by atoms with Crippen molar-refractivity contribution in [3.05, 3.63) is 58.0 Å². The summed E-state index contributed by atoms with van der Waals surface area (Å²) in [5, 5.41) is 6.15. The van der Waals surface area contributed by atoms with Crippen LogP contribution >= 0.6 is 11.3 Å². The van der Waals surface area contributed by atoms with Gasteiger partial charge in [-0.15, -0.1) is 11.3 Å². The highest BCUT2D eigenvalue weighted by molar-refractivity contribution is 7.10. The molecule has 1 aromatic carbocycles. The molecule has 3 rings (SSSR count). The van der Waals surface area contributed by atoms with Gasteiger partial charge < -0.3 is 9.73 Å². The van der Waals surface area contributed by atoms with Crippen molar-refractivity contribution < 1.29 is 9.21 Å². The van der Waals surface area contributed by atoms with Gasteiger partial charge in [0, 0.05) is 16.8 Å². The Labute approximate surface area is 146 Å². The number of furan rings is 1. The van der Waals surface area contributed by atoms with Gasteiger partial charge in [-0.05, 0) is 50.0 Å². The zero-order valence-corrected chi connectivity index (χ0v) is 15.0. The van der Waals surface area contributed by atoms with Crippen LogP contribution in [0.5, 0.6) is 0 Å². The standard InChI is InChI=1S/C19H22N2O2S/c1-13-8-9-24-18(13)11-21(3)12-19(22)20-14(2)17-10-15-6-4-5-7-16(15)23-17/h4-10,14H,11-12H2,1-3H3,(H,20,22). The minimum Gasteiger partial charge on any atom is -0.459 e. The van der Waals surface area contributed by atoms with Crippen molar-refractivity contribution >= 4 is 28.2 Å². The molecule has 4 nitrogen and oxygen atoms in total. The van der Waals surface area contributed by atoms with Gasteiger partial charge in [-0.25, -0.2) is 0 Å². The van der Waals surface area contributed by atoms with E-state index in [2.05, 4.69) is 23.7 Å². The van der Waals surface area contributed by atoms with Gasteiger partial charge in [0.1, 0.15) is 11.3 Å². The Balaban J connectivity index is 1.56. The molecule has 0 aliphatic carbocycles. The number of nitrogens with one attached hydrogen (secondary N) is 1. The molecule has 0 saturated heterocycles. The first-order valence-corrected chi connectivity index (χ1v) is 8.90. The molecule has 2 aromatic heterocycles. The number of carbonyl (C=O) groups excluding carboxylic acids is 1. The van der Waals surface area contributed by atoms with E-state index in [4.69, 9.17) is 4.42 Å². The maximum Gasteiger partial charge on any atom is 0.234 e. The van der Waals surface area contributed by atoms with Crippen molar-refractivity contribution in [3.8, 4) is 0 Å². The van der Waals surface area contributed by atoms with Gasteiger partial charge in [0.2, 0.25) is 5.91 Å². The van der Waals surface area contributed by atoms with Gasteiger partial charge in [0.25, 0.3) is 0 Å². The summed E-state index contributed by atoms with van der Waals surface area (Å²) in [5.41, 5.74) is 2.13. The summed E-state index contributed by atoms with van der Waals surface area (Å²) in [6.45, 7) is 5.19. The lowest BCUT2D eigenvalue weighted by molar-refractivity contribution is -0.122. The van der Waals surface area contributed by atoms with Crippen molar-refractivity contribution in [1.29, 1.82) is 0 Å². The molecule has 1 amide bonds. The maximum absolute atomic E-state index is 12.3. The number of likely N-dealkylation sites (N-methyl/N-ethyl adjacent to an activating group) is 1. The van der Waals surface area contributed by atoms with E-state index in [-0.39, 0.29) is 11.9 Å². The second-order valence-corrected chi connectivity index (χ2v) is 7.18.